The number of hydrogen-bond acceptors (Lipinski definition) is 6. The van der Waals surface area contributed by atoms with Crippen molar-refractivity contribution in [2.75, 3.05) is 33.2 Å². The maximum absolute atomic E-state index is 12.7. The van der Waals surface area contributed by atoms with Gasteiger partial charge in [0.2, 0.25) is 0 Å². The van der Waals surface area contributed by atoms with Gasteiger partial charge < -0.3 is 23.9 Å². The summed E-state index contributed by atoms with van der Waals surface area (Å²) >= 11 is 6.01. The van der Waals surface area contributed by atoms with Gasteiger partial charge in [0.05, 0.1) is 12.6 Å². The van der Waals surface area contributed by atoms with Gasteiger partial charge in [-0.1, -0.05) is 11.6 Å². The average molecular weight is 433 g/mol. The van der Waals surface area contributed by atoms with Gasteiger partial charge in [-0.15, -0.1) is 0 Å². The summed E-state index contributed by atoms with van der Waals surface area (Å²) < 4.78 is 11.1. The van der Waals surface area contributed by atoms with Crippen LogP contribution in [0, 0.1) is 0 Å². The van der Waals surface area contributed by atoms with Gasteiger partial charge in [0.25, 0.3) is 0 Å². The second kappa shape index (κ2) is 7.16. The predicted molar refractivity (Wildman–Crippen MR) is 106 cm³/mol. The number of oxazole rings is 1. The molecule has 1 aromatic carbocycles. The Labute approximate surface area is 177 Å². The first-order chi connectivity index (χ1) is 14.4. The van der Waals surface area contributed by atoms with E-state index in [1.807, 2.05) is 0 Å². The number of carbonyl (C=O) groups excluding carboxylic acids is 3. The molecule has 0 bridgehead atoms. The van der Waals surface area contributed by atoms with Crippen LogP contribution in [0.2, 0.25) is 5.02 Å². The van der Waals surface area contributed by atoms with Crippen LogP contribution in [0.5, 0.6) is 0 Å². The number of carbonyl (C=O) groups is 3. The van der Waals surface area contributed by atoms with E-state index in [9.17, 15) is 14.4 Å². The average Bonchev–Trinajstić information content (AvgIpc) is 3.42. The minimum Gasteiger partial charge on any atom is -0.442 e. The van der Waals surface area contributed by atoms with E-state index in [0.29, 0.717) is 49.0 Å². The number of piperidine rings is 1. The van der Waals surface area contributed by atoms with Crippen LogP contribution in [-0.4, -0.2) is 83.0 Å². The lowest BCUT2D eigenvalue weighted by Crippen LogP contribution is -2.48. The molecule has 30 heavy (non-hydrogen) atoms. The highest BCUT2D eigenvalue weighted by molar-refractivity contribution is 6.35. The van der Waals surface area contributed by atoms with Crippen molar-refractivity contribution in [3.05, 3.63) is 29.1 Å². The molecule has 2 atom stereocenters. The Kier molecular flexibility index (Phi) is 4.57. The molecule has 9 nitrogen and oxygen atoms in total. The van der Waals surface area contributed by atoms with Gasteiger partial charge in [-0.05, 0) is 31.0 Å². The molecule has 158 valence electrons. The summed E-state index contributed by atoms with van der Waals surface area (Å²) in [4.78, 5) is 46.1. The summed E-state index contributed by atoms with van der Waals surface area (Å²) in [6.45, 7) is 1.50. The Morgan fingerprint density at radius 1 is 1.13 bits per heavy atom. The molecule has 5 rings (SSSR count). The second-order valence-electron chi connectivity index (χ2n) is 8.04. The number of aromatic nitrogens is 1. The van der Waals surface area contributed by atoms with Crippen LogP contribution in [0.25, 0.3) is 11.1 Å². The predicted octanol–water partition coefficient (Wildman–Crippen LogP) is 1.85. The number of nitrogens with zero attached hydrogens (tertiary/aromatic N) is 4. The van der Waals surface area contributed by atoms with Gasteiger partial charge >= 0.3 is 17.9 Å². The number of likely N-dealkylation sites (tertiary alicyclic amines) is 2. The van der Waals surface area contributed by atoms with Crippen molar-refractivity contribution in [1.82, 2.24) is 19.7 Å². The van der Waals surface area contributed by atoms with Gasteiger partial charge in [-0.3, -0.25) is 9.59 Å². The van der Waals surface area contributed by atoms with Crippen molar-refractivity contribution >= 4 is 40.6 Å². The molecule has 0 unspecified atom stereocenters. The van der Waals surface area contributed by atoms with Gasteiger partial charge in [-0.2, -0.15) is 0 Å². The molecule has 3 amide bonds. The fourth-order valence-corrected chi connectivity index (χ4v) is 4.62. The number of hydrogen-bond donors (Lipinski definition) is 0. The van der Waals surface area contributed by atoms with Crippen molar-refractivity contribution in [2.24, 2.45) is 0 Å². The number of rotatable bonds is 1. The van der Waals surface area contributed by atoms with E-state index in [-0.39, 0.29) is 30.7 Å². The molecule has 3 aliphatic rings. The van der Waals surface area contributed by atoms with Crippen LogP contribution >= 0.6 is 11.6 Å². The molecule has 1 aromatic heterocycles. The van der Waals surface area contributed by atoms with Crippen molar-refractivity contribution in [3.63, 3.8) is 0 Å². The quantitative estimate of drug-likeness (QED) is 0.638. The molecular formula is C20H21ClN4O5. The molecule has 0 saturated carbocycles. The number of ether oxygens (including phenoxy) is 1. The maximum atomic E-state index is 12.7. The number of amides is 3. The lowest BCUT2D eigenvalue weighted by atomic mass is 9.96. The smallest absolute Gasteiger partial charge is 0.410 e. The van der Waals surface area contributed by atoms with E-state index in [1.165, 1.54) is 9.80 Å². The summed E-state index contributed by atoms with van der Waals surface area (Å²) in [7, 11) is 1.65. The number of halogens is 1. The Morgan fingerprint density at radius 2 is 1.87 bits per heavy atom. The van der Waals surface area contributed by atoms with E-state index in [0.717, 1.165) is 5.52 Å². The van der Waals surface area contributed by atoms with Crippen LogP contribution in [0.4, 0.5) is 4.79 Å². The summed E-state index contributed by atoms with van der Waals surface area (Å²) in [5, 5.41) is 0.605. The topological polar surface area (TPSA) is 96.2 Å². The monoisotopic (exact) mass is 432 g/mol. The largest absolute Gasteiger partial charge is 0.442 e. The molecule has 3 saturated heterocycles. The van der Waals surface area contributed by atoms with Gasteiger partial charge in [0, 0.05) is 37.6 Å². The highest BCUT2D eigenvalue weighted by Gasteiger charge is 2.48. The summed E-state index contributed by atoms with van der Waals surface area (Å²) in [5.41, 5.74) is 1.41. The Bertz CT molecular complexity index is 1030. The highest BCUT2D eigenvalue weighted by Crippen LogP contribution is 2.31. The normalized spacial score (nSPS) is 24.5. The molecule has 0 radical (unpaired) electrons. The van der Waals surface area contributed by atoms with Crippen LogP contribution < -0.4 is 0 Å². The molecule has 0 N–H and O–H groups in total. The Balaban J connectivity index is 1.19. The van der Waals surface area contributed by atoms with Crippen molar-refractivity contribution in [3.8, 4) is 0 Å². The van der Waals surface area contributed by atoms with E-state index in [1.54, 1.807) is 30.1 Å². The molecule has 0 spiro atoms. The first-order valence-corrected chi connectivity index (χ1v) is 10.4. The first kappa shape index (κ1) is 19.2. The Morgan fingerprint density at radius 3 is 2.60 bits per heavy atom. The van der Waals surface area contributed by atoms with Crippen LogP contribution in [0.15, 0.2) is 22.6 Å². The van der Waals surface area contributed by atoms with Crippen molar-refractivity contribution in [1.29, 1.82) is 0 Å². The van der Waals surface area contributed by atoms with E-state index in [2.05, 4.69) is 4.98 Å². The molecule has 4 heterocycles. The van der Waals surface area contributed by atoms with Crippen LogP contribution in [0.3, 0.4) is 0 Å². The summed E-state index contributed by atoms with van der Waals surface area (Å²) in [6, 6.07) is 5.14. The van der Waals surface area contributed by atoms with E-state index >= 15 is 0 Å². The minimum atomic E-state index is -0.538. The molecular weight excluding hydrogens is 412 g/mol. The van der Waals surface area contributed by atoms with Crippen molar-refractivity contribution < 1.29 is 23.5 Å². The Hall–Kier alpha value is -2.81. The number of likely N-dealkylation sites (N-methyl/N-ethyl adjacent to an activating group) is 1. The number of fused-ring (bicyclic) bond motifs is 2. The minimum absolute atomic E-state index is 0.0922. The third-order valence-electron chi connectivity index (χ3n) is 6.24. The fourth-order valence-electron chi connectivity index (χ4n) is 4.45. The van der Waals surface area contributed by atoms with Crippen LogP contribution in [-0.2, 0) is 14.3 Å². The standard InChI is InChI=1S/C20H21ClN4O5/c1-23-14-9-25(10-16(14)30-20(23)28)19(27)18(26)24-6-4-11(5-7-24)17-22-13-8-12(21)2-3-15(13)29-17/h2-3,8,11,14,16H,4-7,9-10H2,1H3/t14-,16+/m1/s1. The van der Waals surface area contributed by atoms with E-state index in [4.69, 9.17) is 20.8 Å². The van der Waals surface area contributed by atoms with Gasteiger partial charge in [0.15, 0.2) is 11.5 Å². The van der Waals surface area contributed by atoms with Crippen LogP contribution in [0.1, 0.15) is 24.7 Å². The molecule has 3 aliphatic heterocycles. The third-order valence-corrected chi connectivity index (χ3v) is 6.48. The SMILES string of the molecule is CN1C(=O)O[C@H]2CN(C(=O)C(=O)N3CCC(c4nc5cc(Cl)ccc5o4)CC3)C[C@H]21. The summed E-state index contributed by atoms with van der Waals surface area (Å²) in [5.74, 6) is -0.312. The van der Waals surface area contributed by atoms with Gasteiger partial charge in [-0.25, -0.2) is 9.78 Å². The zero-order valence-corrected chi connectivity index (χ0v) is 17.2. The zero-order chi connectivity index (χ0) is 21.0. The molecule has 10 heteroatoms. The molecule has 3 fully saturated rings. The fraction of sp³-hybridized carbons (Fsp3) is 0.500. The lowest BCUT2D eigenvalue weighted by molar-refractivity contribution is -0.152. The van der Waals surface area contributed by atoms with E-state index < -0.39 is 11.8 Å². The first-order valence-electron chi connectivity index (χ1n) is 9.98. The highest BCUT2D eigenvalue weighted by atomic mass is 35.5. The molecule has 0 aliphatic carbocycles. The lowest BCUT2D eigenvalue weighted by Gasteiger charge is -2.31. The maximum Gasteiger partial charge on any atom is 0.410 e. The number of benzene rings is 1. The third kappa shape index (κ3) is 3.17. The van der Waals surface area contributed by atoms with Crippen molar-refractivity contribution in [2.45, 2.75) is 30.9 Å². The second-order valence-corrected chi connectivity index (χ2v) is 8.48. The molecule has 2 aromatic rings. The summed E-state index contributed by atoms with van der Waals surface area (Å²) in [6.07, 6.45) is 0.598. The van der Waals surface area contributed by atoms with Gasteiger partial charge in [0.1, 0.15) is 11.6 Å². The zero-order valence-electron chi connectivity index (χ0n) is 16.4.